The van der Waals surface area contributed by atoms with Gasteiger partial charge in [0.1, 0.15) is 36.9 Å². The number of ether oxygens (including phenoxy) is 2. The fourth-order valence-corrected chi connectivity index (χ4v) is 5.00. The van der Waals surface area contributed by atoms with Crippen LogP contribution in [0.5, 0.6) is 11.5 Å². The second-order valence-corrected chi connectivity index (χ2v) is 10.7. The highest BCUT2D eigenvalue weighted by Gasteiger charge is 2.24. The lowest BCUT2D eigenvalue weighted by atomic mass is 9.78. The summed E-state index contributed by atoms with van der Waals surface area (Å²) in [6.45, 7) is 7.34. The Balaban J connectivity index is 1.57. The van der Waals surface area contributed by atoms with Gasteiger partial charge in [0, 0.05) is 36.6 Å². The van der Waals surface area contributed by atoms with E-state index in [1.54, 1.807) is 0 Å². The molecule has 0 saturated carbocycles. The standard InChI is InChI=1S/C25H33Cl2NO4S/c1-25(2,19-5-8-24(23(27)13-19)32-16-20(29)14-26)18-3-6-22(7-4-18)31-17-21(30)15-28-9-11-33-12-10-28/h3-8,13,20-21,29-30H,9-12,14-17H2,1-2H3/t20-,21+/m1/s1. The summed E-state index contributed by atoms with van der Waals surface area (Å²) >= 11 is 14.0. The summed E-state index contributed by atoms with van der Waals surface area (Å²) in [6, 6.07) is 13.7. The van der Waals surface area contributed by atoms with Crippen molar-refractivity contribution in [2.45, 2.75) is 31.5 Å². The summed E-state index contributed by atoms with van der Waals surface area (Å²) in [7, 11) is 0. The highest BCUT2D eigenvalue weighted by atomic mass is 35.5. The molecule has 0 radical (unpaired) electrons. The van der Waals surface area contributed by atoms with Crippen LogP contribution < -0.4 is 9.47 Å². The molecular weight excluding hydrogens is 481 g/mol. The van der Waals surface area contributed by atoms with Gasteiger partial charge in [-0.15, -0.1) is 11.6 Å². The van der Waals surface area contributed by atoms with Gasteiger partial charge in [-0.25, -0.2) is 0 Å². The smallest absolute Gasteiger partial charge is 0.138 e. The number of rotatable bonds is 11. The Kier molecular flexibility index (Phi) is 10.0. The van der Waals surface area contributed by atoms with E-state index in [-0.39, 0.29) is 24.5 Å². The molecule has 1 heterocycles. The molecule has 2 N–H and O–H groups in total. The molecule has 0 spiro atoms. The van der Waals surface area contributed by atoms with Gasteiger partial charge in [-0.1, -0.05) is 43.6 Å². The molecule has 0 aliphatic carbocycles. The van der Waals surface area contributed by atoms with Crippen LogP contribution in [0.15, 0.2) is 42.5 Å². The Morgan fingerprint density at radius 1 is 0.970 bits per heavy atom. The average Bonchev–Trinajstić information content (AvgIpc) is 2.82. The lowest BCUT2D eigenvalue weighted by Gasteiger charge is -2.28. The predicted molar refractivity (Wildman–Crippen MR) is 138 cm³/mol. The molecule has 33 heavy (non-hydrogen) atoms. The fraction of sp³-hybridized carbons (Fsp3) is 0.520. The molecule has 0 bridgehead atoms. The number of benzene rings is 2. The van der Waals surface area contributed by atoms with Crippen molar-refractivity contribution in [1.29, 1.82) is 0 Å². The van der Waals surface area contributed by atoms with E-state index in [9.17, 15) is 10.2 Å². The quantitative estimate of drug-likeness (QED) is 0.433. The minimum Gasteiger partial charge on any atom is -0.491 e. The largest absolute Gasteiger partial charge is 0.491 e. The summed E-state index contributed by atoms with van der Waals surface area (Å²) in [6.07, 6.45) is -1.23. The highest BCUT2D eigenvalue weighted by molar-refractivity contribution is 7.99. The maximum atomic E-state index is 10.3. The summed E-state index contributed by atoms with van der Waals surface area (Å²) in [5.74, 6) is 3.62. The number of hydrogen-bond acceptors (Lipinski definition) is 6. The van der Waals surface area contributed by atoms with E-state index in [0.29, 0.717) is 17.3 Å². The topological polar surface area (TPSA) is 62.2 Å². The number of aliphatic hydroxyl groups is 2. The molecule has 8 heteroatoms. The minimum atomic E-state index is -0.732. The Morgan fingerprint density at radius 3 is 2.24 bits per heavy atom. The first-order valence-corrected chi connectivity index (χ1v) is 13.2. The maximum Gasteiger partial charge on any atom is 0.138 e. The fourth-order valence-electron chi connectivity index (χ4n) is 3.70. The van der Waals surface area contributed by atoms with Crippen molar-refractivity contribution in [3.8, 4) is 11.5 Å². The average molecular weight is 515 g/mol. The zero-order chi connectivity index (χ0) is 23.8. The molecule has 1 aliphatic heterocycles. The maximum absolute atomic E-state index is 10.3. The molecule has 0 amide bonds. The highest BCUT2D eigenvalue weighted by Crippen LogP contribution is 2.36. The van der Waals surface area contributed by atoms with Crippen LogP contribution in [0.3, 0.4) is 0 Å². The molecule has 2 atom stereocenters. The summed E-state index contributed by atoms with van der Waals surface area (Å²) in [4.78, 5) is 2.29. The second kappa shape index (κ2) is 12.5. The predicted octanol–water partition coefficient (Wildman–Crippen LogP) is 4.43. The third-order valence-electron chi connectivity index (χ3n) is 5.85. The normalized spacial score (nSPS) is 16.9. The first-order chi connectivity index (χ1) is 15.8. The van der Waals surface area contributed by atoms with Gasteiger partial charge in [-0.2, -0.15) is 11.8 Å². The van der Waals surface area contributed by atoms with Gasteiger partial charge >= 0.3 is 0 Å². The van der Waals surface area contributed by atoms with Gasteiger partial charge in [-0.3, -0.25) is 4.90 Å². The van der Waals surface area contributed by atoms with E-state index in [1.165, 1.54) is 0 Å². The molecule has 5 nitrogen and oxygen atoms in total. The van der Waals surface area contributed by atoms with Crippen LogP contribution in [0.4, 0.5) is 0 Å². The van der Waals surface area contributed by atoms with Crippen LogP contribution in [-0.4, -0.2) is 77.6 Å². The second-order valence-electron chi connectivity index (χ2n) is 8.79. The minimum absolute atomic E-state index is 0.0964. The van der Waals surface area contributed by atoms with Crippen molar-refractivity contribution in [2.75, 3.05) is 50.2 Å². The SMILES string of the molecule is CC(C)(c1ccc(OC[C@@H](O)CN2CCSCC2)cc1)c1ccc(OC[C@H](O)CCl)c(Cl)c1. The van der Waals surface area contributed by atoms with Gasteiger partial charge in [0.25, 0.3) is 0 Å². The van der Waals surface area contributed by atoms with Crippen LogP contribution in [-0.2, 0) is 5.41 Å². The van der Waals surface area contributed by atoms with Gasteiger partial charge in [0.15, 0.2) is 0 Å². The Morgan fingerprint density at radius 2 is 1.61 bits per heavy atom. The number of hydrogen-bond donors (Lipinski definition) is 2. The Labute approximate surface area is 211 Å². The third kappa shape index (κ3) is 7.67. The Bertz CT molecular complexity index is 875. The summed E-state index contributed by atoms with van der Waals surface area (Å²) in [5, 5.41) is 20.4. The van der Waals surface area contributed by atoms with Gasteiger partial charge in [0.2, 0.25) is 0 Å². The first kappa shape index (κ1) is 26.5. The lowest BCUT2D eigenvalue weighted by molar-refractivity contribution is 0.0715. The molecule has 2 aromatic carbocycles. The first-order valence-electron chi connectivity index (χ1n) is 11.2. The van der Waals surface area contributed by atoms with E-state index in [1.807, 2.05) is 54.2 Å². The number of aliphatic hydroxyl groups excluding tert-OH is 2. The number of halogens is 2. The van der Waals surface area contributed by atoms with Crippen molar-refractivity contribution in [1.82, 2.24) is 4.90 Å². The van der Waals surface area contributed by atoms with E-state index < -0.39 is 12.2 Å². The van der Waals surface area contributed by atoms with Gasteiger partial charge in [0.05, 0.1) is 10.9 Å². The van der Waals surface area contributed by atoms with Crippen molar-refractivity contribution in [3.05, 3.63) is 58.6 Å². The van der Waals surface area contributed by atoms with E-state index in [0.717, 1.165) is 41.5 Å². The van der Waals surface area contributed by atoms with Crippen molar-refractivity contribution in [2.24, 2.45) is 0 Å². The molecule has 0 unspecified atom stereocenters. The Hall–Kier alpha value is -1.15. The van der Waals surface area contributed by atoms with Crippen LogP contribution >= 0.6 is 35.0 Å². The zero-order valence-electron chi connectivity index (χ0n) is 19.2. The van der Waals surface area contributed by atoms with Crippen molar-refractivity contribution in [3.63, 3.8) is 0 Å². The van der Waals surface area contributed by atoms with Crippen molar-refractivity contribution < 1.29 is 19.7 Å². The van der Waals surface area contributed by atoms with E-state index in [2.05, 4.69) is 18.7 Å². The number of nitrogens with zero attached hydrogens (tertiary/aromatic N) is 1. The molecule has 1 aliphatic rings. The molecule has 182 valence electrons. The zero-order valence-corrected chi connectivity index (χ0v) is 21.5. The third-order valence-corrected chi connectivity index (χ3v) is 7.45. The van der Waals surface area contributed by atoms with Crippen LogP contribution in [0, 0.1) is 0 Å². The molecule has 3 rings (SSSR count). The van der Waals surface area contributed by atoms with Crippen LogP contribution in [0.2, 0.25) is 5.02 Å². The molecule has 0 aromatic heterocycles. The number of β-amino-alcohol motifs (C(OH)–C–C–N with tert-alkyl or cyclic N) is 1. The number of alkyl halides is 1. The van der Waals surface area contributed by atoms with Crippen LogP contribution in [0.25, 0.3) is 0 Å². The molecule has 2 aromatic rings. The van der Waals surface area contributed by atoms with E-state index in [4.69, 9.17) is 32.7 Å². The van der Waals surface area contributed by atoms with Crippen molar-refractivity contribution >= 4 is 35.0 Å². The van der Waals surface area contributed by atoms with E-state index >= 15 is 0 Å². The lowest BCUT2D eigenvalue weighted by Crippen LogP contribution is -2.40. The van der Waals surface area contributed by atoms with Gasteiger partial charge in [-0.05, 0) is 35.4 Å². The molecular formula is C25H33Cl2NO4S. The summed E-state index contributed by atoms with van der Waals surface area (Å²) in [5.41, 5.74) is 1.87. The number of thioether (sulfide) groups is 1. The van der Waals surface area contributed by atoms with Crippen LogP contribution in [0.1, 0.15) is 25.0 Å². The monoisotopic (exact) mass is 513 g/mol. The summed E-state index contributed by atoms with van der Waals surface area (Å²) < 4.78 is 11.4. The molecule has 1 fully saturated rings. The molecule has 1 saturated heterocycles. The van der Waals surface area contributed by atoms with Gasteiger partial charge < -0.3 is 19.7 Å².